The van der Waals surface area contributed by atoms with E-state index in [1.165, 1.54) is 16.2 Å². The lowest BCUT2D eigenvalue weighted by Crippen LogP contribution is -2.31. The predicted molar refractivity (Wildman–Crippen MR) is 141 cm³/mol. The topological polar surface area (TPSA) is 108 Å². The van der Waals surface area contributed by atoms with E-state index in [-0.39, 0.29) is 24.3 Å². The van der Waals surface area contributed by atoms with E-state index >= 15 is 0 Å². The molecule has 188 valence electrons. The van der Waals surface area contributed by atoms with Crippen molar-refractivity contribution in [3.05, 3.63) is 69.1 Å². The molecule has 3 N–H and O–H groups in total. The van der Waals surface area contributed by atoms with Crippen molar-refractivity contribution in [1.29, 1.82) is 0 Å². The van der Waals surface area contributed by atoms with Crippen molar-refractivity contribution in [3.63, 3.8) is 0 Å². The fourth-order valence-corrected chi connectivity index (χ4v) is 5.32. The summed E-state index contributed by atoms with van der Waals surface area (Å²) >= 11 is 7.73. The smallest absolute Gasteiger partial charge is 0.268 e. The lowest BCUT2D eigenvalue weighted by Gasteiger charge is -2.19. The zero-order valence-electron chi connectivity index (χ0n) is 20.1. The Morgan fingerprint density at radius 1 is 1.14 bits per heavy atom. The second-order valence-corrected chi connectivity index (χ2v) is 9.90. The van der Waals surface area contributed by atoms with Gasteiger partial charge < -0.3 is 25.4 Å². The minimum atomic E-state index is -0.676. The number of thiophene rings is 1. The predicted octanol–water partition coefficient (Wildman–Crippen LogP) is 3.75. The van der Waals surface area contributed by atoms with Gasteiger partial charge in [0.15, 0.2) is 0 Å². The number of aliphatic hydroxyl groups excluding tert-OH is 1. The molecule has 1 aliphatic heterocycles. The molecule has 0 saturated carbocycles. The van der Waals surface area contributed by atoms with E-state index in [1.54, 1.807) is 51.4 Å². The Bertz CT molecular complexity index is 1340. The molecular weight excluding hydrogens is 502 g/mol. The molecule has 0 radical (unpaired) electrons. The van der Waals surface area contributed by atoms with Crippen LogP contribution in [0.25, 0.3) is 10.4 Å². The quantitative estimate of drug-likeness (QED) is 0.452. The highest BCUT2D eigenvalue weighted by atomic mass is 35.5. The fourth-order valence-electron chi connectivity index (χ4n) is 3.86. The summed E-state index contributed by atoms with van der Waals surface area (Å²) in [6, 6.07) is 11.8. The Labute approximate surface area is 217 Å². The van der Waals surface area contributed by atoms with Crippen LogP contribution in [0.1, 0.15) is 42.9 Å². The number of carbonyl (C=O) groups is 3. The number of rotatable bonds is 6. The van der Waals surface area contributed by atoms with Gasteiger partial charge in [-0.3, -0.25) is 14.4 Å². The number of aliphatic hydroxyl groups is 1. The number of amides is 3. The third kappa shape index (κ3) is 5.23. The van der Waals surface area contributed by atoms with E-state index in [1.807, 2.05) is 12.1 Å². The molecule has 0 aliphatic carbocycles. The SMILES string of the molecule is CNC(=O)c1ccc2c(c1)OCCc1cc(C(=O)N(C)c3cc(C(=O)NCC(C)O)ccc3Cl)sc1-2. The molecule has 10 heteroatoms. The summed E-state index contributed by atoms with van der Waals surface area (Å²) in [5.41, 5.74) is 3.04. The summed E-state index contributed by atoms with van der Waals surface area (Å²) in [6.45, 7) is 2.11. The standard InChI is InChI=1S/C26H26ClN3O5S/c1-14(31)13-29-25(33)16-5-7-19(27)20(10-16)30(3)26(34)22-12-15-8-9-35-21-11-17(24(32)28-2)4-6-18(21)23(15)36-22/h4-7,10-12,14,31H,8-9,13H2,1-3H3,(H,28,32)(H,29,33). The number of nitrogens with zero attached hydrogens (tertiary/aromatic N) is 1. The van der Waals surface area contributed by atoms with E-state index in [2.05, 4.69) is 10.6 Å². The van der Waals surface area contributed by atoms with Crippen LogP contribution in [0.4, 0.5) is 5.69 Å². The molecule has 36 heavy (non-hydrogen) atoms. The van der Waals surface area contributed by atoms with Gasteiger partial charge in [0.2, 0.25) is 0 Å². The number of hydrogen-bond acceptors (Lipinski definition) is 6. The third-order valence-corrected chi connectivity index (χ3v) is 7.31. The molecule has 0 bridgehead atoms. The number of ether oxygens (including phenoxy) is 1. The van der Waals surface area contributed by atoms with Gasteiger partial charge in [-0.05, 0) is 55.0 Å². The Hall–Kier alpha value is -3.40. The first-order valence-corrected chi connectivity index (χ1v) is 12.5. The molecule has 1 aliphatic rings. The molecule has 8 nitrogen and oxygen atoms in total. The van der Waals surface area contributed by atoms with Gasteiger partial charge in [-0.25, -0.2) is 0 Å². The average molecular weight is 528 g/mol. The molecular formula is C26H26ClN3O5S. The van der Waals surface area contributed by atoms with Crippen molar-refractivity contribution in [2.45, 2.75) is 19.4 Å². The average Bonchev–Trinajstić information content (AvgIpc) is 3.22. The molecule has 1 atom stereocenters. The number of halogens is 1. The number of benzene rings is 2. The lowest BCUT2D eigenvalue weighted by molar-refractivity contribution is 0.0922. The van der Waals surface area contributed by atoms with Crippen molar-refractivity contribution in [2.75, 3.05) is 32.1 Å². The number of fused-ring (bicyclic) bond motifs is 3. The molecule has 3 amide bonds. The van der Waals surface area contributed by atoms with Crippen LogP contribution in [0.15, 0.2) is 42.5 Å². The van der Waals surface area contributed by atoms with Gasteiger partial charge in [-0.15, -0.1) is 11.3 Å². The van der Waals surface area contributed by atoms with Crippen LogP contribution >= 0.6 is 22.9 Å². The summed E-state index contributed by atoms with van der Waals surface area (Å²) < 4.78 is 5.89. The minimum Gasteiger partial charge on any atom is -0.493 e. The Balaban J connectivity index is 1.63. The summed E-state index contributed by atoms with van der Waals surface area (Å²) in [4.78, 5) is 40.8. The van der Waals surface area contributed by atoms with Crippen molar-refractivity contribution in [2.24, 2.45) is 0 Å². The molecule has 1 aromatic heterocycles. The highest BCUT2D eigenvalue weighted by Gasteiger charge is 2.25. The molecule has 0 spiro atoms. The van der Waals surface area contributed by atoms with Crippen LogP contribution in [0, 0.1) is 0 Å². The van der Waals surface area contributed by atoms with E-state index in [0.29, 0.717) is 45.5 Å². The first kappa shape index (κ1) is 25.7. The van der Waals surface area contributed by atoms with E-state index < -0.39 is 6.10 Å². The fraction of sp³-hybridized carbons (Fsp3) is 0.269. The zero-order chi connectivity index (χ0) is 26.0. The Kier molecular flexibility index (Phi) is 7.63. The van der Waals surface area contributed by atoms with Crippen LogP contribution in [-0.2, 0) is 6.42 Å². The maximum Gasteiger partial charge on any atom is 0.268 e. The molecule has 0 saturated heterocycles. The maximum atomic E-state index is 13.5. The molecule has 2 heterocycles. The van der Waals surface area contributed by atoms with Gasteiger partial charge in [0.05, 0.1) is 28.3 Å². The molecule has 1 unspecified atom stereocenters. The zero-order valence-corrected chi connectivity index (χ0v) is 21.6. The van der Waals surface area contributed by atoms with Gasteiger partial charge in [0.1, 0.15) is 5.75 Å². The summed E-state index contributed by atoms with van der Waals surface area (Å²) in [5, 5.41) is 15.0. The lowest BCUT2D eigenvalue weighted by atomic mass is 10.0. The van der Waals surface area contributed by atoms with E-state index in [4.69, 9.17) is 16.3 Å². The van der Waals surface area contributed by atoms with Gasteiger partial charge in [-0.2, -0.15) is 0 Å². The first-order valence-electron chi connectivity index (χ1n) is 11.4. The van der Waals surface area contributed by atoms with Crippen molar-refractivity contribution < 1.29 is 24.2 Å². The minimum absolute atomic E-state index is 0.113. The van der Waals surface area contributed by atoms with Crippen LogP contribution < -0.4 is 20.3 Å². The normalized spacial score (nSPS) is 12.9. The van der Waals surface area contributed by atoms with Crippen LogP contribution in [0.5, 0.6) is 5.75 Å². The van der Waals surface area contributed by atoms with Crippen LogP contribution in [-0.4, -0.2) is 56.2 Å². The number of nitrogens with one attached hydrogen (secondary N) is 2. The molecule has 3 aromatic rings. The Morgan fingerprint density at radius 2 is 1.86 bits per heavy atom. The van der Waals surface area contributed by atoms with Crippen molar-refractivity contribution in [1.82, 2.24) is 10.6 Å². The van der Waals surface area contributed by atoms with Crippen LogP contribution in [0.2, 0.25) is 5.02 Å². The summed E-state index contributed by atoms with van der Waals surface area (Å²) in [6.07, 6.45) is -0.0584. The molecule has 2 aromatic carbocycles. The van der Waals surface area contributed by atoms with Crippen molar-refractivity contribution >= 4 is 46.3 Å². The summed E-state index contributed by atoms with van der Waals surface area (Å²) in [7, 11) is 3.18. The van der Waals surface area contributed by atoms with Crippen LogP contribution in [0.3, 0.4) is 0 Å². The summed E-state index contributed by atoms with van der Waals surface area (Å²) in [5.74, 6) is -0.234. The maximum absolute atomic E-state index is 13.5. The third-order valence-electron chi connectivity index (χ3n) is 5.80. The van der Waals surface area contributed by atoms with E-state index in [9.17, 15) is 19.5 Å². The number of carbonyl (C=O) groups excluding carboxylic acids is 3. The largest absolute Gasteiger partial charge is 0.493 e. The highest BCUT2D eigenvalue weighted by molar-refractivity contribution is 7.17. The van der Waals surface area contributed by atoms with Gasteiger partial charge in [0, 0.05) is 48.6 Å². The number of anilines is 1. The first-order chi connectivity index (χ1) is 17.2. The van der Waals surface area contributed by atoms with Gasteiger partial charge in [0.25, 0.3) is 17.7 Å². The highest BCUT2D eigenvalue weighted by Crippen LogP contribution is 2.42. The second kappa shape index (κ2) is 10.7. The van der Waals surface area contributed by atoms with Gasteiger partial charge >= 0.3 is 0 Å². The number of hydrogen-bond donors (Lipinski definition) is 3. The Morgan fingerprint density at radius 3 is 2.58 bits per heavy atom. The van der Waals surface area contributed by atoms with Gasteiger partial charge in [-0.1, -0.05) is 11.6 Å². The van der Waals surface area contributed by atoms with E-state index in [0.717, 1.165) is 16.0 Å². The molecule has 4 rings (SSSR count). The molecule has 0 fully saturated rings. The second-order valence-electron chi connectivity index (χ2n) is 8.44. The monoisotopic (exact) mass is 527 g/mol. The van der Waals surface area contributed by atoms with Crippen molar-refractivity contribution in [3.8, 4) is 16.2 Å².